The quantitative estimate of drug-likeness (QED) is 0.139. The molecule has 0 aliphatic carbocycles. The van der Waals surface area contributed by atoms with Crippen LogP contribution in [0.15, 0.2) is 54.7 Å². The van der Waals surface area contributed by atoms with Crippen LogP contribution >= 0.6 is 0 Å². The molecule has 3 rings (SSSR count). The number of halogens is 6. The Morgan fingerprint density at radius 2 is 1.66 bits per heavy atom. The van der Waals surface area contributed by atoms with E-state index in [0.29, 0.717) is 56.4 Å². The Hall–Kier alpha value is -3.70. The molecule has 0 saturated heterocycles. The third-order valence-electron chi connectivity index (χ3n) is 5.38. The first-order valence-corrected chi connectivity index (χ1v) is 11.8. The number of benzene rings is 2. The Balaban J connectivity index is 1.76. The normalized spacial score (nSPS) is 11.9. The molecule has 0 fully saturated rings. The fraction of sp³-hybridized carbons (Fsp3) is 0.385. The number of hydrogen-bond acceptors (Lipinski definition) is 5. The summed E-state index contributed by atoms with van der Waals surface area (Å²) in [6.07, 6.45) is -6.67. The number of hydrogen-bond donors (Lipinski definition) is 0. The van der Waals surface area contributed by atoms with Gasteiger partial charge in [0.05, 0.1) is 26.0 Å². The summed E-state index contributed by atoms with van der Waals surface area (Å²) in [6.45, 7) is 2.11. The number of alkyl halides is 6. The van der Waals surface area contributed by atoms with E-state index >= 15 is 0 Å². The van der Waals surface area contributed by atoms with Crippen molar-refractivity contribution in [2.24, 2.45) is 0 Å². The Morgan fingerprint density at radius 1 is 0.947 bits per heavy atom. The van der Waals surface area contributed by atoms with Gasteiger partial charge in [-0.25, -0.2) is 4.98 Å². The van der Waals surface area contributed by atoms with Crippen molar-refractivity contribution in [2.45, 2.75) is 51.7 Å². The van der Waals surface area contributed by atoms with E-state index in [2.05, 4.69) is 9.72 Å². The molecule has 12 heteroatoms. The molecule has 0 bridgehead atoms. The van der Waals surface area contributed by atoms with Crippen LogP contribution in [0, 0.1) is 0 Å². The van der Waals surface area contributed by atoms with Crippen molar-refractivity contribution in [1.82, 2.24) is 9.55 Å². The van der Waals surface area contributed by atoms with Crippen molar-refractivity contribution in [3.8, 4) is 22.9 Å². The van der Waals surface area contributed by atoms with Crippen molar-refractivity contribution < 1.29 is 45.3 Å². The minimum absolute atomic E-state index is 0.0790. The highest BCUT2D eigenvalue weighted by Gasteiger charge is 2.36. The molecule has 0 unspecified atom stereocenters. The average molecular weight is 544 g/mol. The number of carbonyl (C=O) groups is 1. The molecule has 0 aliphatic rings. The van der Waals surface area contributed by atoms with Gasteiger partial charge in [0.25, 0.3) is 0 Å². The minimum Gasteiger partial charge on any atom is -0.493 e. The molecule has 206 valence electrons. The number of nitrogens with zero attached hydrogens (tertiary/aromatic N) is 2. The summed E-state index contributed by atoms with van der Waals surface area (Å²) in [6, 6.07) is 11.0. The van der Waals surface area contributed by atoms with E-state index in [1.165, 1.54) is 12.1 Å². The Bertz CT molecular complexity index is 1190. The first-order chi connectivity index (χ1) is 18.0. The van der Waals surface area contributed by atoms with Gasteiger partial charge in [0, 0.05) is 17.5 Å². The van der Waals surface area contributed by atoms with Gasteiger partial charge in [-0.15, -0.1) is 13.2 Å². The van der Waals surface area contributed by atoms with Gasteiger partial charge >= 0.3 is 18.5 Å². The van der Waals surface area contributed by atoms with Crippen LogP contribution in [0.25, 0.3) is 11.4 Å². The SMILES string of the molecule is CCOC(=O)CCCCCOc1ccccc1Cn1c(C(F)(F)F)cnc1-c1ccc(OC(F)(F)F)cc1. The zero-order valence-electron chi connectivity index (χ0n) is 20.4. The number of rotatable bonds is 12. The highest BCUT2D eigenvalue weighted by Crippen LogP contribution is 2.35. The Morgan fingerprint density at radius 3 is 2.32 bits per heavy atom. The zero-order chi connectivity index (χ0) is 27.8. The maximum absolute atomic E-state index is 13.8. The lowest BCUT2D eigenvalue weighted by molar-refractivity contribution is -0.274. The first kappa shape index (κ1) is 28.9. The standard InChI is InChI=1S/C26H26F6N2O4/c1-2-36-23(35)10-4-3-7-15-37-21-9-6-5-8-19(21)17-34-22(25(27,28)29)16-33-24(34)18-11-13-20(14-12-18)38-26(30,31)32/h5-6,8-9,11-14,16H,2-4,7,10,15,17H2,1H3. The van der Waals surface area contributed by atoms with Gasteiger partial charge in [0.1, 0.15) is 23.0 Å². The molecule has 38 heavy (non-hydrogen) atoms. The van der Waals surface area contributed by atoms with E-state index in [1.54, 1.807) is 31.2 Å². The number of aromatic nitrogens is 2. The van der Waals surface area contributed by atoms with Crippen LogP contribution in [-0.2, 0) is 22.3 Å². The monoisotopic (exact) mass is 544 g/mol. The van der Waals surface area contributed by atoms with E-state index in [1.807, 2.05) is 0 Å². The molecule has 1 heterocycles. The molecule has 0 atom stereocenters. The van der Waals surface area contributed by atoms with Gasteiger partial charge in [-0.05, 0) is 56.5 Å². The minimum atomic E-state index is -4.89. The third-order valence-corrected chi connectivity index (χ3v) is 5.38. The second-order valence-electron chi connectivity index (χ2n) is 8.19. The maximum atomic E-state index is 13.8. The second-order valence-corrected chi connectivity index (χ2v) is 8.19. The number of esters is 1. The van der Waals surface area contributed by atoms with Crippen molar-refractivity contribution in [1.29, 1.82) is 0 Å². The van der Waals surface area contributed by atoms with E-state index in [9.17, 15) is 31.1 Å². The summed E-state index contributed by atoms with van der Waals surface area (Å²) in [5.41, 5.74) is -0.382. The summed E-state index contributed by atoms with van der Waals surface area (Å²) in [5.74, 6) is -0.460. The average Bonchev–Trinajstić information content (AvgIpc) is 3.26. The number of unbranched alkanes of at least 4 members (excludes halogenated alkanes) is 2. The lowest BCUT2D eigenvalue weighted by atomic mass is 10.1. The van der Waals surface area contributed by atoms with E-state index in [0.717, 1.165) is 16.7 Å². The predicted molar refractivity (Wildman–Crippen MR) is 125 cm³/mol. The molecule has 0 amide bonds. The lowest BCUT2D eigenvalue weighted by Gasteiger charge is -2.17. The first-order valence-electron chi connectivity index (χ1n) is 11.8. The van der Waals surface area contributed by atoms with Crippen LogP contribution < -0.4 is 9.47 Å². The molecule has 0 radical (unpaired) electrons. The lowest BCUT2D eigenvalue weighted by Crippen LogP contribution is -2.17. The number of para-hydroxylation sites is 1. The fourth-order valence-corrected chi connectivity index (χ4v) is 3.71. The van der Waals surface area contributed by atoms with Gasteiger partial charge < -0.3 is 18.8 Å². The van der Waals surface area contributed by atoms with Gasteiger partial charge in [0.2, 0.25) is 0 Å². The van der Waals surface area contributed by atoms with Gasteiger partial charge in [-0.1, -0.05) is 18.2 Å². The molecular weight excluding hydrogens is 518 g/mol. The van der Waals surface area contributed by atoms with E-state index in [4.69, 9.17) is 9.47 Å². The van der Waals surface area contributed by atoms with Gasteiger partial charge in [0.15, 0.2) is 0 Å². The molecule has 2 aromatic carbocycles. The van der Waals surface area contributed by atoms with E-state index in [-0.39, 0.29) is 23.9 Å². The number of carbonyl (C=O) groups excluding carboxylic acids is 1. The fourth-order valence-electron chi connectivity index (χ4n) is 3.71. The topological polar surface area (TPSA) is 62.6 Å². The van der Waals surface area contributed by atoms with Crippen LogP contribution in [-0.4, -0.2) is 35.1 Å². The van der Waals surface area contributed by atoms with E-state index < -0.39 is 24.0 Å². The van der Waals surface area contributed by atoms with Gasteiger partial charge in [-0.2, -0.15) is 13.2 Å². The van der Waals surface area contributed by atoms with Crippen molar-refractivity contribution in [3.05, 3.63) is 66.0 Å². The van der Waals surface area contributed by atoms with Gasteiger partial charge in [-0.3, -0.25) is 4.79 Å². The van der Waals surface area contributed by atoms with Crippen molar-refractivity contribution >= 4 is 5.97 Å². The smallest absolute Gasteiger partial charge is 0.493 e. The zero-order valence-corrected chi connectivity index (χ0v) is 20.4. The predicted octanol–water partition coefficient (Wildman–Crippen LogP) is 7.02. The summed E-state index contributed by atoms with van der Waals surface area (Å²) in [5, 5.41) is 0. The largest absolute Gasteiger partial charge is 0.573 e. The third kappa shape index (κ3) is 8.42. The Kier molecular flexibility index (Phi) is 9.65. The molecule has 0 spiro atoms. The molecular formula is C26H26F6N2O4. The summed E-state index contributed by atoms with van der Waals surface area (Å²) < 4.78 is 94.2. The van der Waals surface area contributed by atoms with Crippen LogP contribution in [0.1, 0.15) is 43.9 Å². The van der Waals surface area contributed by atoms with Crippen molar-refractivity contribution in [3.63, 3.8) is 0 Å². The molecule has 0 saturated carbocycles. The van der Waals surface area contributed by atoms with Crippen molar-refractivity contribution in [2.75, 3.05) is 13.2 Å². The second kappa shape index (κ2) is 12.7. The Labute approximate surface area is 215 Å². The summed E-state index contributed by atoms with van der Waals surface area (Å²) in [4.78, 5) is 15.3. The molecule has 0 aliphatic heterocycles. The summed E-state index contributed by atoms with van der Waals surface area (Å²) in [7, 11) is 0. The molecule has 6 nitrogen and oxygen atoms in total. The maximum Gasteiger partial charge on any atom is 0.573 e. The number of imidazole rings is 1. The number of ether oxygens (including phenoxy) is 3. The molecule has 3 aromatic rings. The summed E-state index contributed by atoms with van der Waals surface area (Å²) >= 11 is 0. The van der Waals surface area contributed by atoms with Crippen LogP contribution in [0.5, 0.6) is 11.5 Å². The molecule has 0 N–H and O–H groups in total. The highest BCUT2D eigenvalue weighted by molar-refractivity contribution is 5.69. The van der Waals surface area contributed by atoms with Crippen LogP contribution in [0.3, 0.4) is 0 Å². The molecule has 1 aromatic heterocycles. The highest BCUT2D eigenvalue weighted by atomic mass is 19.4. The van der Waals surface area contributed by atoms with Crippen LogP contribution in [0.2, 0.25) is 0 Å². The van der Waals surface area contributed by atoms with Crippen LogP contribution in [0.4, 0.5) is 26.3 Å².